The molecule has 0 bridgehead atoms. The van der Waals surface area contributed by atoms with Crippen molar-refractivity contribution >= 4 is 0 Å². The van der Waals surface area contributed by atoms with Crippen molar-refractivity contribution in [1.29, 1.82) is 0 Å². The largest absolute Gasteiger partial charge is 0.396 e. The lowest BCUT2D eigenvalue weighted by molar-refractivity contribution is -0.0637. The van der Waals surface area contributed by atoms with E-state index in [9.17, 15) is 5.11 Å². The fourth-order valence-electron chi connectivity index (χ4n) is 3.52. The van der Waals surface area contributed by atoms with E-state index in [1.807, 2.05) is 0 Å². The Balaban J connectivity index is 1.76. The van der Waals surface area contributed by atoms with Gasteiger partial charge in [0.2, 0.25) is 0 Å². The fourth-order valence-corrected chi connectivity index (χ4v) is 3.52. The van der Waals surface area contributed by atoms with Crippen LogP contribution in [0.25, 0.3) is 0 Å². The minimum Gasteiger partial charge on any atom is -0.396 e. The molecule has 3 unspecified atom stereocenters. The minimum absolute atomic E-state index is 0.0266. The molecule has 2 aliphatic rings. The Morgan fingerprint density at radius 3 is 2.56 bits per heavy atom. The third-order valence-electron chi connectivity index (χ3n) is 4.67. The average Bonchev–Trinajstić information content (AvgIpc) is 2.35. The quantitative estimate of drug-likeness (QED) is 0.810. The summed E-state index contributed by atoms with van der Waals surface area (Å²) in [6, 6.07) is 0.593. The van der Waals surface area contributed by atoms with Crippen LogP contribution in [0.15, 0.2) is 0 Å². The van der Waals surface area contributed by atoms with Gasteiger partial charge >= 0.3 is 0 Å². The number of aliphatic hydroxyl groups excluding tert-OH is 1. The molecular weight excluding hydrogens is 226 g/mol. The van der Waals surface area contributed by atoms with Crippen molar-refractivity contribution in [3.05, 3.63) is 0 Å². The Hall–Kier alpha value is -0.120. The Bertz CT molecular complexity index is 255. The maximum Gasteiger partial charge on any atom is 0.0641 e. The van der Waals surface area contributed by atoms with Crippen LogP contribution in [0.5, 0.6) is 0 Å². The topological polar surface area (TPSA) is 41.5 Å². The van der Waals surface area contributed by atoms with Crippen LogP contribution in [-0.4, -0.2) is 36.5 Å². The molecular formula is C15H29NO2. The van der Waals surface area contributed by atoms with Gasteiger partial charge in [-0.05, 0) is 57.9 Å². The molecule has 1 saturated heterocycles. The molecule has 1 saturated carbocycles. The number of nitrogens with one attached hydrogen (secondary N) is 1. The average molecular weight is 255 g/mol. The van der Waals surface area contributed by atoms with E-state index in [4.69, 9.17) is 4.74 Å². The number of ether oxygens (including phenoxy) is 1. The molecule has 2 rings (SSSR count). The van der Waals surface area contributed by atoms with Gasteiger partial charge in [0.05, 0.1) is 5.60 Å². The smallest absolute Gasteiger partial charge is 0.0641 e. The van der Waals surface area contributed by atoms with Gasteiger partial charge in [-0.25, -0.2) is 0 Å². The summed E-state index contributed by atoms with van der Waals surface area (Å²) in [5, 5.41) is 13.2. The summed E-state index contributed by atoms with van der Waals surface area (Å²) in [5.41, 5.74) is 0.0266. The van der Waals surface area contributed by atoms with E-state index >= 15 is 0 Å². The first kappa shape index (κ1) is 14.3. The van der Waals surface area contributed by atoms with Gasteiger partial charge in [-0.2, -0.15) is 0 Å². The van der Waals surface area contributed by atoms with Crippen LogP contribution in [-0.2, 0) is 4.74 Å². The fraction of sp³-hybridized carbons (Fsp3) is 1.00. The second-order valence-electron chi connectivity index (χ2n) is 6.69. The molecule has 3 atom stereocenters. The van der Waals surface area contributed by atoms with E-state index in [1.54, 1.807) is 0 Å². The minimum atomic E-state index is 0.0266. The molecule has 2 N–H and O–H groups in total. The van der Waals surface area contributed by atoms with Crippen molar-refractivity contribution in [2.75, 3.05) is 19.8 Å². The maximum atomic E-state index is 9.43. The molecule has 3 nitrogen and oxygen atoms in total. The summed E-state index contributed by atoms with van der Waals surface area (Å²) in [4.78, 5) is 0. The van der Waals surface area contributed by atoms with Crippen LogP contribution in [0, 0.1) is 11.8 Å². The molecule has 2 fully saturated rings. The maximum absolute atomic E-state index is 9.43. The van der Waals surface area contributed by atoms with Crippen molar-refractivity contribution in [1.82, 2.24) is 5.32 Å². The van der Waals surface area contributed by atoms with Crippen LogP contribution in [0.2, 0.25) is 0 Å². The Morgan fingerprint density at radius 1 is 1.17 bits per heavy atom. The zero-order valence-corrected chi connectivity index (χ0v) is 12.0. The summed E-state index contributed by atoms with van der Waals surface area (Å²) in [7, 11) is 0. The molecule has 1 aliphatic carbocycles. The van der Waals surface area contributed by atoms with Gasteiger partial charge in [-0.3, -0.25) is 0 Å². The van der Waals surface area contributed by atoms with Gasteiger partial charge in [0, 0.05) is 19.3 Å². The van der Waals surface area contributed by atoms with E-state index in [0.717, 1.165) is 26.0 Å². The summed E-state index contributed by atoms with van der Waals surface area (Å²) in [6.07, 6.45) is 7.35. The first-order valence-electron chi connectivity index (χ1n) is 7.59. The van der Waals surface area contributed by atoms with Gasteiger partial charge in [0.1, 0.15) is 0 Å². The van der Waals surface area contributed by atoms with Crippen molar-refractivity contribution in [3.63, 3.8) is 0 Å². The van der Waals surface area contributed by atoms with E-state index < -0.39 is 0 Å². The molecule has 0 amide bonds. The second-order valence-corrected chi connectivity index (χ2v) is 6.69. The lowest BCUT2D eigenvalue weighted by atomic mass is 9.79. The monoisotopic (exact) mass is 255 g/mol. The SMILES string of the molecule is CC1(C)CC(NCC2CCCCC2CO)CCO1. The van der Waals surface area contributed by atoms with E-state index in [0.29, 0.717) is 24.5 Å². The van der Waals surface area contributed by atoms with Gasteiger partial charge in [-0.1, -0.05) is 12.8 Å². The van der Waals surface area contributed by atoms with E-state index in [1.165, 1.54) is 25.7 Å². The molecule has 18 heavy (non-hydrogen) atoms. The predicted octanol–water partition coefficient (Wildman–Crippen LogP) is 2.33. The molecule has 0 spiro atoms. The second kappa shape index (κ2) is 6.36. The van der Waals surface area contributed by atoms with Crippen molar-refractivity contribution in [2.24, 2.45) is 11.8 Å². The van der Waals surface area contributed by atoms with Gasteiger partial charge in [0.25, 0.3) is 0 Å². The Kier molecular flexibility index (Phi) is 5.05. The normalized spacial score (nSPS) is 36.5. The number of hydrogen-bond acceptors (Lipinski definition) is 3. The summed E-state index contributed by atoms with van der Waals surface area (Å²) >= 11 is 0. The van der Waals surface area contributed by atoms with Crippen LogP contribution in [0.4, 0.5) is 0 Å². The zero-order chi connectivity index (χ0) is 13.0. The lowest BCUT2D eigenvalue weighted by Crippen LogP contribution is -2.46. The van der Waals surface area contributed by atoms with Crippen LogP contribution < -0.4 is 5.32 Å². The molecule has 1 aliphatic heterocycles. The Labute approximate surface area is 111 Å². The van der Waals surface area contributed by atoms with Crippen LogP contribution >= 0.6 is 0 Å². The highest BCUT2D eigenvalue weighted by Crippen LogP contribution is 2.30. The van der Waals surface area contributed by atoms with E-state index in [2.05, 4.69) is 19.2 Å². The molecule has 0 radical (unpaired) electrons. The number of rotatable bonds is 4. The highest BCUT2D eigenvalue weighted by Gasteiger charge is 2.30. The van der Waals surface area contributed by atoms with Crippen LogP contribution in [0.3, 0.4) is 0 Å². The molecule has 0 aromatic carbocycles. The molecule has 0 aromatic heterocycles. The van der Waals surface area contributed by atoms with Gasteiger partial charge < -0.3 is 15.2 Å². The van der Waals surface area contributed by atoms with Gasteiger partial charge in [0.15, 0.2) is 0 Å². The molecule has 106 valence electrons. The van der Waals surface area contributed by atoms with Crippen LogP contribution in [0.1, 0.15) is 52.4 Å². The number of aliphatic hydroxyl groups is 1. The first-order chi connectivity index (χ1) is 8.61. The van der Waals surface area contributed by atoms with Crippen molar-refractivity contribution < 1.29 is 9.84 Å². The molecule has 3 heteroatoms. The van der Waals surface area contributed by atoms with Crippen molar-refractivity contribution in [2.45, 2.75) is 64.0 Å². The third-order valence-corrected chi connectivity index (χ3v) is 4.67. The lowest BCUT2D eigenvalue weighted by Gasteiger charge is -2.38. The molecule has 0 aromatic rings. The zero-order valence-electron chi connectivity index (χ0n) is 12.0. The van der Waals surface area contributed by atoms with Gasteiger partial charge in [-0.15, -0.1) is 0 Å². The summed E-state index contributed by atoms with van der Waals surface area (Å²) in [5.74, 6) is 1.20. The van der Waals surface area contributed by atoms with E-state index in [-0.39, 0.29) is 5.60 Å². The highest BCUT2D eigenvalue weighted by atomic mass is 16.5. The summed E-state index contributed by atoms with van der Waals surface area (Å²) < 4.78 is 5.75. The first-order valence-corrected chi connectivity index (χ1v) is 7.59. The number of hydrogen-bond donors (Lipinski definition) is 2. The summed E-state index contributed by atoms with van der Waals surface area (Å²) in [6.45, 7) is 6.67. The third kappa shape index (κ3) is 3.94. The van der Waals surface area contributed by atoms with Crippen molar-refractivity contribution in [3.8, 4) is 0 Å². The Morgan fingerprint density at radius 2 is 1.89 bits per heavy atom. The standard InChI is InChI=1S/C15H29NO2/c1-15(2)9-14(7-8-18-15)16-10-12-5-3-4-6-13(12)11-17/h12-14,16-17H,3-11H2,1-2H3. The highest BCUT2D eigenvalue weighted by molar-refractivity contribution is 4.85. The predicted molar refractivity (Wildman–Crippen MR) is 73.6 cm³/mol. The molecule has 1 heterocycles.